The first-order chi connectivity index (χ1) is 10.2. The highest BCUT2D eigenvalue weighted by molar-refractivity contribution is 5.97. The van der Waals surface area contributed by atoms with Gasteiger partial charge in [0.1, 0.15) is 17.7 Å². The maximum absolute atomic E-state index is 8.48. The van der Waals surface area contributed by atoms with Crippen LogP contribution in [0.15, 0.2) is 18.2 Å². The van der Waals surface area contributed by atoms with Crippen molar-refractivity contribution >= 4 is 18.2 Å². The first kappa shape index (κ1) is 18.1. The fourth-order valence-electron chi connectivity index (χ4n) is 4.08. The van der Waals surface area contributed by atoms with E-state index >= 15 is 0 Å². The molecular formula is C19H29ClN2O. The fraction of sp³-hybridized carbons (Fsp3) is 0.632. The van der Waals surface area contributed by atoms with Gasteiger partial charge in [0.2, 0.25) is 0 Å². The first-order valence-electron chi connectivity index (χ1n) is 8.36. The molecule has 0 spiro atoms. The number of rotatable bonds is 1. The van der Waals surface area contributed by atoms with Gasteiger partial charge in [0.25, 0.3) is 0 Å². The van der Waals surface area contributed by atoms with Crippen molar-refractivity contribution in [1.29, 1.82) is 5.41 Å². The second-order valence-electron chi connectivity index (χ2n) is 8.34. The lowest BCUT2D eigenvalue weighted by Gasteiger charge is -2.36. The van der Waals surface area contributed by atoms with Crippen LogP contribution in [0.1, 0.15) is 58.6 Å². The lowest BCUT2D eigenvalue weighted by molar-refractivity contribution is 0.0562. The van der Waals surface area contributed by atoms with Crippen molar-refractivity contribution in [2.75, 3.05) is 13.1 Å². The minimum absolute atomic E-state index is 0. The van der Waals surface area contributed by atoms with Crippen molar-refractivity contribution in [3.05, 3.63) is 29.3 Å². The summed E-state index contributed by atoms with van der Waals surface area (Å²) in [5.41, 5.74) is 2.32. The fourth-order valence-corrected chi connectivity index (χ4v) is 4.08. The van der Waals surface area contributed by atoms with E-state index in [1.54, 1.807) is 0 Å². The van der Waals surface area contributed by atoms with E-state index < -0.39 is 0 Å². The van der Waals surface area contributed by atoms with Gasteiger partial charge in [-0.1, -0.05) is 34.6 Å². The third-order valence-electron chi connectivity index (χ3n) is 5.06. The zero-order valence-corrected chi connectivity index (χ0v) is 15.7. The van der Waals surface area contributed by atoms with Crippen LogP contribution in [-0.2, 0) is 5.41 Å². The van der Waals surface area contributed by atoms with Gasteiger partial charge in [0.15, 0.2) is 0 Å². The zero-order valence-electron chi connectivity index (χ0n) is 14.9. The summed E-state index contributed by atoms with van der Waals surface area (Å²) in [7, 11) is 0. The Morgan fingerprint density at radius 1 is 1.22 bits per heavy atom. The summed E-state index contributed by atoms with van der Waals surface area (Å²) in [6.45, 7) is 13.3. The summed E-state index contributed by atoms with van der Waals surface area (Å²) in [5.74, 6) is 1.65. The van der Waals surface area contributed by atoms with Crippen molar-refractivity contribution in [2.45, 2.75) is 59.0 Å². The van der Waals surface area contributed by atoms with Gasteiger partial charge in [0.05, 0.1) is 0 Å². The third kappa shape index (κ3) is 3.08. The molecule has 128 valence electrons. The van der Waals surface area contributed by atoms with E-state index in [4.69, 9.17) is 10.1 Å². The first-order valence-corrected chi connectivity index (χ1v) is 8.36. The van der Waals surface area contributed by atoms with E-state index in [0.717, 1.165) is 24.4 Å². The second-order valence-corrected chi connectivity index (χ2v) is 8.34. The average molecular weight is 337 g/mol. The number of halogens is 1. The Morgan fingerprint density at radius 3 is 2.39 bits per heavy atom. The van der Waals surface area contributed by atoms with Gasteiger partial charge >= 0.3 is 0 Å². The molecule has 1 N–H and O–H groups in total. The van der Waals surface area contributed by atoms with Crippen LogP contribution >= 0.6 is 12.4 Å². The highest BCUT2D eigenvalue weighted by Crippen LogP contribution is 2.48. The predicted molar refractivity (Wildman–Crippen MR) is 98.2 cm³/mol. The van der Waals surface area contributed by atoms with E-state index in [0.29, 0.717) is 5.84 Å². The smallest absolute Gasteiger partial charge is 0.128 e. The highest BCUT2D eigenvalue weighted by atomic mass is 35.5. The van der Waals surface area contributed by atoms with Crippen molar-refractivity contribution in [2.24, 2.45) is 5.41 Å². The molecule has 0 amide bonds. The van der Waals surface area contributed by atoms with Crippen LogP contribution in [-0.4, -0.2) is 29.9 Å². The van der Waals surface area contributed by atoms with Crippen molar-refractivity contribution < 1.29 is 4.74 Å². The molecule has 0 bridgehead atoms. The van der Waals surface area contributed by atoms with E-state index in [-0.39, 0.29) is 29.3 Å². The molecule has 0 saturated carbocycles. The van der Waals surface area contributed by atoms with Crippen LogP contribution in [0.25, 0.3) is 0 Å². The summed E-state index contributed by atoms with van der Waals surface area (Å²) >= 11 is 0. The largest absolute Gasteiger partial charge is 0.489 e. The molecule has 2 heterocycles. The molecule has 0 radical (unpaired) electrons. The zero-order chi connectivity index (χ0) is 16.1. The number of benzene rings is 1. The summed E-state index contributed by atoms with van der Waals surface area (Å²) in [6.07, 6.45) is 2.56. The van der Waals surface area contributed by atoms with Crippen LogP contribution < -0.4 is 4.74 Å². The normalized spacial score (nSPS) is 22.3. The van der Waals surface area contributed by atoms with Crippen molar-refractivity contribution in [3.63, 3.8) is 0 Å². The molecule has 2 aliphatic rings. The minimum Gasteiger partial charge on any atom is -0.489 e. The Bertz CT molecular complexity index is 598. The molecule has 1 aromatic rings. The predicted octanol–water partition coefficient (Wildman–Crippen LogP) is 4.61. The molecule has 2 aliphatic heterocycles. The van der Waals surface area contributed by atoms with Gasteiger partial charge in [-0.3, -0.25) is 5.41 Å². The number of amidine groups is 1. The Labute approximate surface area is 146 Å². The van der Waals surface area contributed by atoms with Crippen molar-refractivity contribution in [1.82, 2.24) is 4.90 Å². The molecule has 1 unspecified atom stereocenters. The Kier molecular flexibility index (Phi) is 4.74. The number of hydrogen-bond donors (Lipinski definition) is 1. The van der Waals surface area contributed by atoms with Crippen LogP contribution in [0.2, 0.25) is 0 Å². The molecule has 1 saturated heterocycles. The molecule has 23 heavy (non-hydrogen) atoms. The van der Waals surface area contributed by atoms with Gasteiger partial charge in [-0.15, -0.1) is 12.4 Å². The van der Waals surface area contributed by atoms with Crippen LogP contribution in [0.4, 0.5) is 0 Å². The van der Waals surface area contributed by atoms with E-state index in [9.17, 15) is 0 Å². The lowest BCUT2D eigenvalue weighted by atomic mass is 9.71. The molecule has 3 nitrogen and oxygen atoms in total. The standard InChI is InChI=1S/C19H28N2O.ClH/c1-18(2,3)17-19(4,5)14-12-13(8-9-15(14)22-17)16(20)21-10-6-7-11-21;/h8-9,12,17,20H,6-7,10-11H2,1-5H3;1H. The minimum atomic E-state index is -0.0329. The molecule has 0 aromatic heterocycles. The van der Waals surface area contributed by atoms with Gasteiger partial charge in [-0.25, -0.2) is 0 Å². The molecule has 4 heteroatoms. The molecule has 1 aromatic carbocycles. The number of likely N-dealkylation sites (tertiary alicyclic amines) is 1. The molecule has 3 rings (SSSR count). The summed E-state index contributed by atoms with van der Waals surface area (Å²) in [6, 6.07) is 6.28. The Balaban J connectivity index is 0.00000192. The SMILES string of the molecule is CC(C)(C)C1Oc2ccc(C(=N)N3CCCC3)cc2C1(C)C.Cl. The van der Waals surface area contributed by atoms with Crippen LogP contribution in [0, 0.1) is 10.8 Å². The molecule has 1 fully saturated rings. The quantitative estimate of drug-likeness (QED) is 0.600. The number of nitrogens with zero attached hydrogens (tertiary/aromatic N) is 1. The second kappa shape index (κ2) is 6.01. The molecule has 1 atom stereocenters. The maximum atomic E-state index is 8.48. The summed E-state index contributed by atoms with van der Waals surface area (Å²) in [4.78, 5) is 2.19. The van der Waals surface area contributed by atoms with Crippen molar-refractivity contribution in [3.8, 4) is 5.75 Å². The highest BCUT2D eigenvalue weighted by Gasteiger charge is 2.47. The lowest BCUT2D eigenvalue weighted by Crippen LogP contribution is -2.42. The van der Waals surface area contributed by atoms with E-state index in [1.165, 1.54) is 18.4 Å². The van der Waals surface area contributed by atoms with Gasteiger partial charge in [-0.05, 0) is 36.5 Å². The summed E-state index contributed by atoms with van der Waals surface area (Å²) in [5, 5.41) is 8.48. The third-order valence-corrected chi connectivity index (χ3v) is 5.06. The van der Waals surface area contributed by atoms with Gasteiger partial charge < -0.3 is 9.64 Å². The van der Waals surface area contributed by atoms with Gasteiger partial charge in [0, 0.05) is 29.6 Å². The number of fused-ring (bicyclic) bond motifs is 1. The van der Waals surface area contributed by atoms with Gasteiger partial charge in [-0.2, -0.15) is 0 Å². The number of ether oxygens (including phenoxy) is 1. The topological polar surface area (TPSA) is 36.3 Å². The molecule has 0 aliphatic carbocycles. The number of nitrogens with one attached hydrogen (secondary N) is 1. The van der Waals surface area contributed by atoms with E-state index in [2.05, 4.69) is 51.7 Å². The average Bonchev–Trinajstić information content (AvgIpc) is 3.04. The monoisotopic (exact) mass is 336 g/mol. The Morgan fingerprint density at radius 2 is 1.83 bits per heavy atom. The van der Waals surface area contributed by atoms with Crippen LogP contribution in [0.3, 0.4) is 0 Å². The number of hydrogen-bond acceptors (Lipinski definition) is 2. The molecular weight excluding hydrogens is 308 g/mol. The Hall–Kier alpha value is -1.22. The maximum Gasteiger partial charge on any atom is 0.128 e. The van der Waals surface area contributed by atoms with Crippen LogP contribution in [0.5, 0.6) is 5.75 Å². The summed E-state index contributed by atoms with van der Waals surface area (Å²) < 4.78 is 6.26. The van der Waals surface area contributed by atoms with E-state index in [1.807, 2.05) is 6.07 Å².